The number of carbonyl (C=O) groups is 1. The van der Waals surface area contributed by atoms with Crippen molar-refractivity contribution in [1.29, 1.82) is 0 Å². The third kappa shape index (κ3) is 6.62. The molecule has 0 aromatic heterocycles. The Hall–Kier alpha value is -0.530. The van der Waals surface area contributed by atoms with E-state index in [1.54, 1.807) is 6.92 Å². The normalized spacial score (nSPS) is 13.5. The summed E-state index contributed by atoms with van der Waals surface area (Å²) in [7, 11) is 0. The van der Waals surface area contributed by atoms with Crippen LogP contribution in [0.15, 0.2) is 0 Å². The molecule has 0 aliphatic carbocycles. The monoisotopic (exact) mass is 185 g/mol. The minimum absolute atomic E-state index is 0.0782. The molecule has 0 saturated heterocycles. The van der Waals surface area contributed by atoms with Crippen LogP contribution in [0.3, 0.4) is 0 Å². The molecule has 1 atom stereocenters. The van der Waals surface area contributed by atoms with Crippen LogP contribution in [0.1, 0.15) is 41.0 Å². The molecule has 0 bridgehead atoms. The summed E-state index contributed by atoms with van der Waals surface area (Å²) in [6, 6.07) is 0. The molecule has 13 heavy (non-hydrogen) atoms. The maximum Gasteiger partial charge on any atom is 0.216 e. The Kier molecular flexibility index (Phi) is 5.76. The highest BCUT2D eigenvalue weighted by molar-refractivity contribution is 5.72. The predicted octanol–water partition coefficient (Wildman–Crippen LogP) is 2.44. The van der Waals surface area contributed by atoms with Crippen LogP contribution in [0.4, 0.5) is 0 Å². The van der Waals surface area contributed by atoms with Gasteiger partial charge in [-0.15, -0.1) is 0 Å². The number of nitrogens with one attached hydrogen (secondary N) is 1. The molecular formula is C11H23NO. The molecule has 0 heterocycles. The van der Waals surface area contributed by atoms with Crippen LogP contribution < -0.4 is 5.32 Å². The van der Waals surface area contributed by atoms with Gasteiger partial charge >= 0.3 is 0 Å². The summed E-state index contributed by atoms with van der Waals surface area (Å²) in [5.74, 6) is 2.05. The third-order valence-electron chi connectivity index (χ3n) is 2.33. The maximum absolute atomic E-state index is 10.7. The van der Waals surface area contributed by atoms with E-state index < -0.39 is 0 Å². The molecule has 0 aromatic carbocycles. The van der Waals surface area contributed by atoms with E-state index in [2.05, 4.69) is 33.0 Å². The second-order valence-corrected chi connectivity index (χ2v) is 4.57. The molecule has 0 radical (unpaired) electrons. The van der Waals surface area contributed by atoms with E-state index in [0.717, 1.165) is 6.54 Å². The van der Waals surface area contributed by atoms with Gasteiger partial charge in [0.25, 0.3) is 0 Å². The molecule has 1 amide bonds. The fraction of sp³-hybridized carbons (Fsp3) is 0.909. The molecule has 0 spiro atoms. The summed E-state index contributed by atoms with van der Waals surface area (Å²) in [4.78, 5) is 10.7. The zero-order chi connectivity index (χ0) is 10.4. The number of amides is 1. The van der Waals surface area contributed by atoms with Gasteiger partial charge in [0.2, 0.25) is 5.91 Å². The van der Waals surface area contributed by atoms with Gasteiger partial charge in [0.05, 0.1) is 0 Å². The third-order valence-corrected chi connectivity index (χ3v) is 2.33. The maximum atomic E-state index is 10.7. The van der Waals surface area contributed by atoms with Gasteiger partial charge in [0.1, 0.15) is 0 Å². The van der Waals surface area contributed by atoms with Crippen molar-refractivity contribution in [2.24, 2.45) is 17.8 Å². The number of carbonyl (C=O) groups excluding carboxylic acids is 1. The van der Waals surface area contributed by atoms with E-state index in [4.69, 9.17) is 0 Å². The molecule has 2 nitrogen and oxygen atoms in total. The van der Waals surface area contributed by atoms with Gasteiger partial charge in [-0.05, 0) is 24.2 Å². The van der Waals surface area contributed by atoms with E-state index in [1.807, 2.05) is 0 Å². The van der Waals surface area contributed by atoms with E-state index in [-0.39, 0.29) is 5.91 Å². The Bertz CT molecular complexity index is 152. The topological polar surface area (TPSA) is 29.1 Å². The lowest BCUT2D eigenvalue weighted by Crippen LogP contribution is -2.30. The summed E-state index contributed by atoms with van der Waals surface area (Å²) in [5, 5.41) is 2.89. The largest absolute Gasteiger partial charge is 0.356 e. The molecule has 0 aliphatic rings. The van der Waals surface area contributed by atoms with Gasteiger partial charge in [0, 0.05) is 13.5 Å². The van der Waals surface area contributed by atoms with E-state index in [9.17, 15) is 4.79 Å². The molecule has 0 fully saturated rings. The van der Waals surface area contributed by atoms with E-state index in [1.165, 1.54) is 6.42 Å². The first-order valence-electron chi connectivity index (χ1n) is 5.18. The molecule has 0 rings (SSSR count). The minimum Gasteiger partial charge on any atom is -0.356 e. The lowest BCUT2D eigenvalue weighted by atomic mass is 9.87. The molecule has 2 heteroatoms. The fourth-order valence-corrected chi connectivity index (χ4v) is 1.47. The van der Waals surface area contributed by atoms with Crippen molar-refractivity contribution >= 4 is 5.91 Å². The molecular weight excluding hydrogens is 162 g/mol. The average Bonchev–Trinajstić information content (AvgIpc) is 1.96. The van der Waals surface area contributed by atoms with Gasteiger partial charge < -0.3 is 5.32 Å². The second-order valence-electron chi connectivity index (χ2n) is 4.57. The van der Waals surface area contributed by atoms with Crippen molar-refractivity contribution in [3.63, 3.8) is 0 Å². The first kappa shape index (κ1) is 12.5. The summed E-state index contributed by atoms with van der Waals surface area (Å²) >= 11 is 0. The lowest BCUT2D eigenvalue weighted by Gasteiger charge is -2.22. The van der Waals surface area contributed by atoms with Crippen LogP contribution in [0.2, 0.25) is 0 Å². The smallest absolute Gasteiger partial charge is 0.216 e. The van der Waals surface area contributed by atoms with Gasteiger partial charge in [0.15, 0.2) is 0 Å². The summed E-state index contributed by atoms with van der Waals surface area (Å²) in [5.41, 5.74) is 0. The summed E-state index contributed by atoms with van der Waals surface area (Å²) in [6.07, 6.45) is 1.19. The number of hydrogen-bond acceptors (Lipinski definition) is 1. The molecule has 78 valence electrons. The highest BCUT2D eigenvalue weighted by Gasteiger charge is 2.14. The molecule has 0 aromatic rings. The minimum atomic E-state index is 0.0782. The second kappa shape index (κ2) is 6.01. The quantitative estimate of drug-likeness (QED) is 0.700. The molecule has 0 aliphatic heterocycles. The van der Waals surface area contributed by atoms with Crippen LogP contribution in [-0.2, 0) is 4.79 Å². The standard InChI is InChI=1S/C11H23NO/c1-8(2)6-11(9(3)4)7-12-10(5)13/h8-9,11H,6-7H2,1-5H3,(H,12,13). The lowest BCUT2D eigenvalue weighted by molar-refractivity contribution is -0.119. The van der Waals surface area contributed by atoms with Crippen molar-refractivity contribution < 1.29 is 4.79 Å². The fourth-order valence-electron chi connectivity index (χ4n) is 1.47. The molecule has 0 saturated carbocycles. The van der Waals surface area contributed by atoms with Gasteiger partial charge in [-0.2, -0.15) is 0 Å². The Balaban J connectivity index is 3.87. The van der Waals surface area contributed by atoms with Crippen molar-refractivity contribution in [2.75, 3.05) is 6.54 Å². The zero-order valence-electron chi connectivity index (χ0n) is 9.55. The van der Waals surface area contributed by atoms with Crippen molar-refractivity contribution in [3.05, 3.63) is 0 Å². The zero-order valence-corrected chi connectivity index (χ0v) is 9.55. The number of hydrogen-bond donors (Lipinski definition) is 1. The van der Waals surface area contributed by atoms with Crippen molar-refractivity contribution in [3.8, 4) is 0 Å². The van der Waals surface area contributed by atoms with Gasteiger partial charge in [-0.25, -0.2) is 0 Å². The van der Waals surface area contributed by atoms with E-state index >= 15 is 0 Å². The SMILES string of the molecule is CC(=O)NCC(CC(C)C)C(C)C. The predicted molar refractivity (Wildman–Crippen MR) is 56.5 cm³/mol. The number of rotatable bonds is 5. The Morgan fingerprint density at radius 3 is 2.08 bits per heavy atom. The van der Waals surface area contributed by atoms with Gasteiger partial charge in [-0.1, -0.05) is 27.7 Å². The summed E-state index contributed by atoms with van der Waals surface area (Å²) < 4.78 is 0. The van der Waals surface area contributed by atoms with Crippen LogP contribution in [-0.4, -0.2) is 12.5 Å². The Labute approximate surface area is 82.1 Å². The molecule has 1 unspecified atom stereocenters. The first-order chi connectivity index (χ1) is 5.93. The highest BCUT2D eigenvalue weighted by Crippen LogP contribution is 2.19. The van der Waals surface area contributed by atoms with Crippen LogP contribution in [0, 0.1) is 17.8 Å². The van der Waals surface area contributed by atoms with Crippen LogP contribution in [0.5, 0.6) is 0 Å². The Morgan fingerprint density at radius 1 is 1.23 bits per heavy atom. The van der Waals surface area contributed by atoms with Crippen molar-refractivity contribution in [1.82, 2.24) is 5.32 Å². The average molecular weight is 185 g/mol. The summed E-state index contributed by atoms with van der Waals surface area (Å²) in [6.45, 7) is 11.3. The van der Waals surface area contributed by atoms with Crippen molar-refractivity contribution in [2.45, 2.75) is 41.0 Å². The van der Waals surface area contributed by atoms with Gasteiger partial charge in [-0.3, -0.25) is 4.79 Å². The first-order valence-corrected chi connectivity index (χ1v) is 5.18. The molecule has 1 N–H and O–H groups in total. The van der Waals surface area contributed by atoms with Crippen LogP contribution in [0.25, 0.3) is 0 Å². The van der Waals surface area contributed by atoms with E-state index in [0.29, 0.717) is 17.8 Å². The van der Waals surface area contributed by atoms with Crippen LogP contribution >= 0.6 is 0 Å². The highest BCUT2D eigenvalue weighted by atomic mass is 16.1. The Morgan fingerprint density at radius 2 is 1.77 bits per heavy atom.